The minimum absolute atomic E-state index is 0.736. The first-order valence-corrected chi connectivity index (χ1v) is 6.43. The number of halogens is 3. The summed E-state index contributed by atoms with van der Waals surface area (Å²) in [5.41, 5.74) is 7.30. The van der Waals surface area contributed by atoms with Gasteiger partial charge in [0.1, 0.15) is 9.21 Å². The molecule has 0 unspecified atom stereocenters. The molecule has 0 saturated heterocycles. The molecule has 78 valence electrons. The fraction of sp³-hybridized carbons (Fsp3) is 0. The minimum Gasteiger partial charge on any atom is -0.399 e. The van der Waals surface area contributed by atoms with Crippen molar-refractivity contribution in [1.82, 2.24) is 9.78 Å². The fourth-order valence-electron chi connectivity index (χ4n) is 1.14. The quantitative estimate of drug-likeness (QED) is 0.747. The lowest BCUT2D eigenvalue weighted by atomic mass is 10.3. The van der Waals surface area contributed by atoms with Crippen LogP contribution in [-0.2, 0) is 0 Å². The van der Waals surface area contributed by atoms with E-state index in [-0.39, 0.29) is 0 Å². The normalized spacial score (nSPS) is 10.6. The number of aromatic nitrogens is 2. The van der Waals surface area contributed by atoms with Crippen molar-refractivity contribution in [3.8, 4) is 5.69 Å². The Kier molecular flexibility index (Phi) is 3.18. The Morgan fingerprint density at radius 2 is 1.67 bits per heavy atom. The van der Waals surface area contributed by atoms with Gasteiger partial charge < -0.3 is 5.73 Å². The topological polar surface area (TPSA) is 43.8 Å². The molecule has 0 aliphatic carbocycles. The van der Waals surface area contributed by atoms with Crippen molar-refractivity contribution in [2.75, 3.05) is 5.73 Å². The first-order chi connectivity index (χ1) is 7.09. The monoisotopic (exact) mass is 393 g/mol. The Hall–Kier alpha value is -0.330. The van der Waals surface area contributed by atoms with Crippen molar-refractivity contribution >= 4 is 53.5 Å². The molecule has 2 N–H and O–H groups in total. The second kappa shape index (κ2) is 4.27. The zero-order valence-corrected chi connectivity index (χ0v) is 12.2. The Morgan fingerprint density at radius 1 is 1.07 bits per heavy atom. The molecule has 0 spiro atoms. The van der Waals surface area contributed by atoms with Gasteiger partial charge in [0, 0.05) is 5.69 Å². The predicted molar refractivity (Wildman–Crippen MR) is 71.1 cm³/mol. The van der Waals surface area contributed by atoms with E-state index < -0.39 is 0 Å². The highest BCUT2D eigenvalue weighted by atomic mass is 79.9. The minimum atomic E-state index is 0.736. The van der Waals surface area contributed by atoms with Gasteiger partial charge in [0.15, 0.2) is 0 Å². The van der Waals surface area contributed by atoms with Crippen molar-refractivity contribution in [3.63, 3.8) is 0 Å². The van der Waals surface area contributed by atoms with E-state index in [0.717, 1.165) is 25.1 Å². The van der Waals surface area contributed by atoms with Crippen molar-refractivity contribution in [2.24, 2.45) is 0 Å². The van der Waals surface area contributed by atoms with Crippen LogP contribution in [0.4, 0.5) is 5.69 Å². The van der Waals surface area contributed by atoms with Crippen molar-refractivity contribution in [2.45, 2.75) is 0 Å². The molecule has 0 aliphatic heterocycles. The number of rotatable bonds is 1. The lowest BCUT2D eigenvalue weighted by Gasteiger charge is -2.02. The number of benzene rings is 1. The number of nitrogen functional groups attached to an aromatic ring is 1. The molecule has 1 aromatic heterocycles. The highest BCUT2D eigenvalue weighted by Gasteiger charge is 2.12. The third-order valence-electron chi connectivity index (χ3n) is 1.87. The van der Waals surface area contributed by atoms with Gasteiger partial charge in [0.2, 0.25) is 0 Å². The Balaban J connectivity index is 2.54. The Morgan fingerprint density at radius 3 is 2.13 bits per heavy atom. The number of hydrogen-bond acceptors (Lipinski definition) is 2. The number of nitrogens with zero attached hydrogens (tertiary/aromatic N) is 2. The van der Waals surface area contributed by atoms with Crippen LogP contribution in [0, 0.1) is 0 Å². The van der Waals surface area contributed by atoms with Crippen LogP contribution in [0.5, 0.6) is 0 Å². The molecule has 0 amide bonds. The van der Waals surface area contributed by atoms with E-state index >= 15 is 0 Å². The van der Waals surface area contributed by atoms with Gasteiger partial charge in [0.05, 0.1) is 10.2 Å². The molecule has 2 aromatic rings. The standard InChI is InChI=1S/C9H6Br3N3/c10-7-8(11)14-15(9(7)12)6-3-1-5(13)2-4-6/h1-4H,13H2. The SMILES string of the molecule is Nc1ccc(-n2nc(Br)c(Br)c2Br)cc1. The molecule has 6 heteroatoms. The lowest BCUT2D eigenvalue weighted by Crippen LogP contribution is -1.96. The van der Waals surface area contributed by atoms with Gasteiger partial charge in [-0.05, 0) is 72.1 Å². The summed E-state index contributed by atoms with van der Waals surface area (Å²) in [4.78, 5) is 0. The van der Waals surface area contributed by atoms with E-state index in [1.54, 1.807) is 4.68 Å². The van der Waals surface area contributed by atoms with E-state index in [9.17, 15) is 0 Å². The summed E-state index contributed by atoms with van der Waals surface area (Å²) in [5, 5.41) is 4.31. The maximum atomic E-state index is 5.62. The summed E-state index contributed by atoms with van der Waals surface area (Å²) in [6, 6.07) is 7.49. The van der Waals surface area contributed by atoms with Gasteiger partial charge in [-0.3, -0.25) is 0 Å². The molecule has 0 fully saturated rings. The smallest absolute Gasteiger partial charge is 0.143 e. The molecule has 0 radical (unpaired) electrons. The molecule has 0 aliphatic rings. The first kappa shape index (κ1) is 11.2. The molecule has 1 heterocycles. The van der Waals surface area contributed by atoms with Gasteiger partial charge >= 0.3 is 0 Å². The van der Waals surface area contributed by atoms with Crippen LogP contribution in [0.25, 0.3) is 5.69 Å². The summed E-state index contributed by atoms with van der Waals surface area (Å²) in [5.74, 6) is 0. The molecule has 0 saturated carbocycles. The summed E-state index contributed by atoms with van der Waals surface area (Å²) in [6.45, 7) is 0. The van der Waals surface area contributed by atoms with Crippen LogP contribution in [-0.4, -0.2) is 9.78 Å². The highest BCUT2D eigenvalue weighted by Crippen LogP contribution is 2.32. The average molecular weight is 396 g/mol. The van der Waals surface area contributed by atoms with E-state index in [1.807, 2.05) is 24.3 Å². The molecule has 0 atom stereocenters. The third-order valence-corrected chi connectivity index (χ3v) is 4.98. The van der Waals surface area contributed by atoms with Gasteiger partial charge in [0.25, 0.3) is 0 Å². The van der Waals surface area contributed by atoms with Crippen LogP contribution in [0.2, 0.25) is 0 Å². The fourth-order valence-corrected chi connectivity index (χ4v) is 2.47. The summed E-state index contributed by atoms with van der Waals surface area (Å²) < 4.78 is 4.28. The molecule has 15 heavy (non-hydrogen) atoms. The number of anilines is 1. The summed E-state index contributed by atoms with van der Waals surface area (Å²) in [6.07, 6.45) is 0. The maximum Gasteiger partial charge on any atom is 0.143 e. The second-order valence-electron chi connectivity index (χ2n) is 2.90. The average Bonchev–Trinajstić information content (AvgIpc) is 2.47. The zero-order chi connectivity index (χ0) is 11.0. The van der Waals surface area contributed by atoms with Gasteiger partial charge in [-0.15, -0.1) is 0 Å². The number of nitrogens with two attached hydrogens (primary N) is 1. The van der Waals surface area contributed by atoms with Crippen molar-refractivity contribution in [1.29, 1.82) is 0 Å². The summed E-state index contributed by atoms with van der Waals surface area (Å²) >= 11 is 10.2. The Bertz CT molecular complexity index is 490. The molecule has 3 nitrogen and oxygen atoms in total. The van der Waals surface area contributed by atoms with E-state index in [0.29, 0.717) is 0 Å². The van der Waals surface area contributed by atoms with Crippen LogP contribution in [0.1, 0.15) is 0 Å². The van der Waals surface area contributed by atoms with Gasteiger partial charge in [-0.2, -0.15) is 5.10 Å². The highest BCUT2D eigenvalue weighted by molar-refractivity contribution is 9.14. The molecule has 0 bridgehead atoms. The summed E-state index contributed by atoms with van der Waals surface area (Å²) in [7, 11) is 0. The molecular formula is C9H6Br3N3. The first-order valence-electron chi connectivity index (χ1n) is 4.05. The maximum absolute atomic E-state index is 5.62. The van der Waals surface area contributed by atoms with Crippen LogP contribution in [0.3, 0.4) is 0 Å². The van der Waals surface area contributed by atoms with Crippen LogP contribution < -0.4 is 5.73 Å². The van der Waals surface area contributed by atoms with Crippen LogP contribution in [0.15, 0.2) is 37.9 Å². The molecule has 1 aromatic carbocycles. The lowest BCUT2D eigenvalue weighted by molar-refractivity contribution is 0.852. The molecular weight excluding hydrogens is 390 g/mol. The van der Waals surface area contributed by atoms with E-state index in [4.69, 9.17) is 5.73 Å². The Labute approximate surface area is 112 Å². The number of hydrogen-bond donors (Lipinski definition) is 1. The van der Waals surface area contributed by atoms with E-state index in [1.165, 1.54) is 0 Å². The van der Waals surface area contributed by atoms with E-state index in [2.05, 4.69) is 52.9 Å². The van der Waals surface area contributed by atoms with Crippen molar-refractivity contribution in [3.05, 3.63) is 37.9 Å². The van der Waals surface area contributed by atoms with Crippen molar-refractivity contribution < 1.29 is 0 Å². The third kappa shape index (κ3) is 2.11. The van der Waals surface area contributed by atoms with Gasteiger partial charge in [-0.1, -0.05) is 0 Å². The van der Waals surface area contributed by atoms with Crippen LogP contribution >= 0.6 is 47.8 Å². The molecule has 2 rings (SSSR count). The largest absolute Gasteiger partial charge is 0.399 e. The zero-order valence-electron chi connectivity index (χ0n) is 7.42. The second-order valence-corrected chi connectivity index (χ2v) is 5.19. The van der Waals surface area contributed by atoms with Gasteiger partial charge in [-0.25, -0.2) is 4.68 Å². The predicted octanol–water partition coefficient (Wildman–Crippen LogP) is 3.74.